The van der Waals surface area contributed by atoms with E-state index in [4.69, 9.17) is 14.6 Å². The number of ether oxygens (including phenoxy) is 2. The summed E-state index contributed by atoms with van der Waals surface area (Å²) in [5, 5.41) is 16.6. The van der Waals surface area contributed by atoms with Crippen molar-refractivity contribution in [3.05, 3.63) is 47.2 Å². The highest BCUT2D eigenvalue weighted by Gasteiger charge is 2.33. The zero-order valence-electron chi connectivity index (χ0n) is 17.9. The van der Waals surface area contributed by atoms with Gasteiger partial charge in [0.05, 0.1) is 5.69 Å². The van der Waals surface area contributed by atoms with Crippen LogP contribution in [0.25, 0.3) is 5.82 Å². The monoisotopic (exact) mass is 432 g/mol. The summed E-state index contributed by atoms with van der Waals surface area (Å²) in [7, 11) is 0. The summed E-state index contributed by atoms with van der Waals surface area (Å²) in [6.07, 6.45) is 3.98. The summed E-state index contributed by atoms with van der Waals surface area (Å²) in [6.45, 7) is 4.20. The lowest BCUT2D eigenvalue weighted by Crippen LogP contribution is -2.30. The first-order valence-electron chi connectivity index (χ1n) is 11.1. The molecule has 0 bridgehead atoms. The van der Waals surface area contributed by atoms with Gasteiger partial charge in [-0.15, -0.1) is 10.2 Å². The maximum absolute atomic E-state index is 12.6. The smallest absolute Gasteiger partial charge is 0.231 e. The Hall–Kier alpha value is -3.62. The van der Waals surface area contributed by atoms with Gasteiger partial charge in [-0.25, -0.2) is 0 Å². The Morgan fingerprint density at radius 3 is 2.59 bits per heavy atom. The molecular formula is C23H24N6O3. The highest BCUT2D eigenvalue weighted by Crippen LogP contribution is 2.43. The Kier molecular flexibility index (Phi) is 4.48. The largest absolute Gasteiger partial charge is 0.454 e. The fourth-order valence-electron chi connectivity index (χ4n) is 4.85. The lowest BCUT2D eigenvalue weighted by molar-refractivity contribution is -0.116. The number of nitrogens with zero attached hydrogens (tertiary/aromatic N) is 5. The molecule has 1 saturated heterocycles. The molecule has 32 heavy (non-hydrogen) atoms. The minimum Gasteiger partial charge on any atom is -0.454 e. The number of amides is 1. The molecule has 1 amide bonds. The Balaban J connectivity index is 1.37. The Morgan fingerprint density at radius 1 is 1.00 bits per heavy atom. The van der Waals surface area contributed by atoms with Gasteiger partial charge in [-0.1, -0.05) is 6.07 Å². The predicted molar refractivity (Wildman–Crippen MR) is 118 cm³/mol. The quantitative estimate of drug-likeness (QED) is 0.679. The van der Waals surface area contributed by atoms with E-state index in [1.165, 1.54) is 19.3 Å². The van der Waals surface area contributed by atoms with Crippen LogP contribution in [-0.2, 0) is 4.79 Å². The maximum Gasteiger partial charge on any atom is 0.231 e. The number of rotatable bonds is 3. The van der Waals surface area contributed by atoms with Gasteiger partial charge in [-0.05, 0) is 56.0 Å². The van der Waals surface area contributed by atoms with Crippen LogP contribution in [0.1, 0.15) is 48.4 Å². The minimum absolute atomic E-state index is 0.0563. The lowest BCUT2D eigenvalue weighted by Gasteiger charge is -2.27. The van der Waals surface area contributed by atoms with E-state index >= 15 is 0 Å². The molecule has 1 atom stereocenters. The van der Waals surface area contributed by atoms with Gasteiger partial charge in [0.1, 0.15) is 5.82 Å². The van der Waals surface area contributed by atoms with Gasteiger partial charge in [0.15, 0.2) is 23.1 Å². The van der Waals surface area contributed by atoms with Crippen molar-refractivity contribution in [1.82, 2.24) is 20.0 Å². The minimum atomic E-state index is -0.123. The number of aromatic nitrogens is 4. The number of carbonyl (C=O) groups excluding carboxylic acids is 1. The van der Waals surface area contributed by atoms with Gasteiger partial charge in [-0.2, -0.15) is 9.78 Å². The van der Waals surface area contributed by atoms with E-state index in [-0.39, 0.29) is 18.6 Å². The fraction of sp³-hybridized carbons (Fsp3) is 0.391. The van der Waals surface area contributed by atoms with E-state index in [9.17, 15) is 4.79 Å². The number of carbonyl (C=O) groups is 1. The highest BCUT2D eigenvalue weighted by molar-refractivity contribution is 5.95. The van der Waals surface area contributed by atoms with Crippen LogP contribution in [0.5, 0.6) is 11.5 Å². The van der Waals surface area contributed by atoms with E-state index in [2.05, 4.69) is 20.4 Å². The van der Waals surface area contributed by atoms with E-state index in [0.29, 0.717) is 23.8 Å². The molecule has 1 aromatic carbocycles. The van der Waals surface area contributed by atoms with Crippen molar-refractivity contribution < 1.29 is 14.3 Å². The zero-order chi connectivity index (χ0) is 21.7. The standard InChI is InChI=1S/C23H24N6O3/c1-14-22-16(15-5-6-17-18(11-15)32-13-31-17)12-21(30)24-23(22)29(27-14)20-8-7-19(25-26-20)28-9-3-2-4-10-28/h5-8,11,16H,2-4,9-10,12-13H2,1H3,(H,24,30). The molecule has 3 aromatic rings. The van der Waals surface area contributed by atoms with E-state index in [1.807, 2.05) is 37.3 Å². The molecule has 3 aliphatic heterocycles. The van der Waals surface area contributed by atoms with Crippen LogP contribution in [0.15, 0.2) is 30.3 Å². The number of benzene rings is 1. The number of hydrogen-bond acceptors (Lipinski definition) is 7. The number of fused-ring (bicyclic) bond motifs is 2. The normalized spacial score (nSPS) is 19.6. The van der Waals surface area contributed by atoms with Crippen LogP contribution < -0.4 is 19.7 Å². The Morgan fingerprint density at radius 2 is 1.78 bits per heavy atom. The number of nitrogens with one attached hydrogen (secondary N) is 1. The second kappa shape index (κ2) is 7.51. The van der Waals surface area contributed by atoms with E-state index in [0.717, 1.165) is 41.5 Å². The molecule has 9 heteroatoms. The van der Waals surface area contributed by atoms with Gasteiger partial charge < -0.3 is 19.7 Å². The van der Waals surface area contributed by atoms with Crippen molar-refractivity contribution in [2.24, 2.45) is 0 Å². The van der Waals surface area contributed by atoms with Crippen molar-refractivity contribution in [1.29, 1.82) is 0 Å². The van der Waals surface area contributed by atoms with Crippen molar-refractivity contribution in [3.8, 4) is 17.3 Å². The second-order valence-corrected chi connectivity index (χ2v) is 8.47. The first kappa shape index (κ1) is 19.1. The molecule has 3 aliphatic rings. The number of hydrogen-bond donors (Lipinski definition) is 1. The number of anilines is 2. The molecule has 0 aliphatic carbocycles. The molecular weight excluding hydrogens is 408 g/mol. The topological polar surface area (TPSA) is 94.4 Å². The van der Waals surface area contributed by atoms with Crippen molar-refractivity contribution in [2.75, 3.05) is 30.1 Å². The van der Waals surface area contributed by atoms with Crippen molar-refractivity contribution >= 4 is 17.5 Å². The van der Waals surface area contributed by atoms with E-state index < -0.39 is 0 Å². The molecule has 6 rings (SSSR count). The van der Waals surface area contributed by atoms with Gasteiger partial charge in [0.25, 0.3) is 0 Å². The Labute approximate surface area is 185 Å². The van der Waals surface area contributed by atoms with Crippen LogP contribution in [0.3, 0.4) is 0 Å². The van der Waals surface area contributed by atoms with Crippen LogP contribution >= 0.6 is 0 Å². The third-order valence-corrected chi connectivity index (χ3v) is 6.43. The molecule has 1 N–H and O–H groups in total. The second-order valence-electron chi connectivity index (χ2n) is 8.47. The molecule has 5 heterocycles. The molecule has 164 valence electrons. The van der Waals surface area contributed by atoms with E-state index in [1.54, 1.807) is 4.68 Å². The predicted octanol–water partition coefficient (Wildman–Crippen LogP) is 3.16. The molecule has 1 fully saturated rings. The van der Waals surface area contributed by atoms with Crippen LogP contribution in [0.2, 0.25) is 0 Å². The molecule has 0 saturated carbocycles. The molecule has 9 nitrogen and oxygen atoms in total. The first-order chi connectivity index (χ1) is 15.7. The number of aryl methyl sites for hydroxylation is 1. The van der Waals surface area contributed by atoms with Crippen molar-refractivity contribution in [2.45, 2.75) is 38.5 Å². The van der Waals surface area contributed by atoms with Gasteiger partial charge >= 0.3 is 0 Å². The Bertz CT molecular complexity index is 1180. The van der Waals surface area contributed by atoms with Gasteiger partial charge in [-0.3, -0.25) is 4.79 Å². The van der Waals surface area contributed by atoms with Crippen LogP contribution in [0, 0.1) is 6.92 Å². The molecule has 0 radical (unpaired) electrons. The fourth-order valence-corrected chi connectivity index (χ4v) is 4.85. The molecule has 0 spiro atoms. The maximum atomic E-state index is 12.6. The summed E-state index contributed by atoms with van der Waals surface area (Å²) < 4.78 is 12.7. The lowest BCUT2D eigenvalue weighted by atomic mass is 9.85. The van der Waals surface area contributed by atoms with Gasteiger partial charge in [0, 0.05) is 31.0 Å². The van der Waals surface area contributed by atoms with Gasteiger partial charge in [0.2, 0.25) is 12.7 Å². The zero-order valence-corrected chi connectivity index (χ0v) is 17.9. The summed E-state index contributed by atoms with van der Waals surface area (Å²) in [5.41, 5.74) is 2.84. The van der Waals surface area contributed by atoms with Crippen molar-refractivity contribution in [3.63, 3.8) is 0 Å². The average Bonchev–Trinajstić information content (AvgIpc) is 3.43. The average molecular weight is 432 g/mol. The number of piperidine rings is 1. The summed E-state index contributed by atoms with van der Waals surface area (Å²) in [4.78, 5) is 14.9. The summed E-state index contributed by atoms with van der Waals surface area (Å²) in [5.74, 6) is 3.38. The SMILES string of the molecule is Cc1nn(-c2ccc(N3CCCCC3)nn2)c2c1C(c1ccc3c(c1)OCO3)CC(=O)N2. The summed E-state index contributed by atoms with van der Waals surface area (Å²) >= 11 is 0. The summed E-state index contributed by atoms with van der Waals surface area (Å²) in [6, 6.07) is 9.75. The van der Waals surface area contributed by atoms with Crippen LogP contribution in [0.4, 0.5) is 11.6 Å². The molecule has 2 aromatic heterocycles. The first-order valence-corrected chi connectivity index (χ1v) is 11.1. The van der Waals surface area contributed by atoms with Crippen LogP contribution in [-0.4, -0.2) is 45.8 Å². The molecule has 1 unspecified atom stereocenters. The third-order valence-electron chi connectivity index (χ3n) is 6.43. The third kappa shape index (κ3) is 3.16. The highest BCUT2D eigenvalue weighted by atomic mass is 16.7.